The van der Waals surface area contributed by atoms with Gasteiger partial charge in [-0.3, -0.25) is 5.43 Å². The molecule has 0 saturated heterocycles. The third kappa shape index (κ3) is 4.24. The molecule has 1 N–H and O–H groups in total. The number of halogens is 6. The predicted molar refractivity (Wildman–Crippen MR) is 74.1 cm³/mol. The monoisotopic (exact) mass is 332 g/mol. The molecule has 0 atom stereocenters. The van der Waals surface area contributed by atoms with E-state index >= 15 is 0 Å². The topological polar surface area (TPSA) is 24.4 Å². The Balaban J connectivity index is 2.25. The quantitative estimate of drug-likeness (QED) is 0.468. The van der Waals surface area contributed by atoms with Gasteiger partial charge in [-0.2, -0.15) is 31.4 Å². The van der Waals surface area contributed by atoms with Crippen LogP contribution in [0.15, 0.2) is 53.6 Å². The summed E-state index contributed by atoms with van der Waals surface area (Å²) in [4.78, 5) is 0. The highest BCUT2D eigenvalue weighted by Gasteiger charge is 2.33. The molecule has 23 heavy (non-hydrogen) atoms. The Morgan fingerprint density at radius 3 is 1.87 bits per heavy atom. The number of rotatable bonds is 3. The largest absolute Gasteiger partial charge is 0.418 e. The summed E-state index contributed by atoms with van der Waals surface area (Å²) in [6.45, 7) is 0. The van der Waals surface area contributed by atoms with Gasteiger partial charge in [0.25, 0.3) is 0 Å². The molecule has 0 aliphatic heterocycles. The smallest absolute Gasteiger partial charge is 0.278 e. The van der Waals surface area contributed by atoms with Gasteiger partial charge in [0.1, 0.15) is 0 Å². The fraction of sp³-hybridized carbons (Fsp3) is 0.133. The van der Waals surface area contributed by atoms with Crippen molar-refractivity contribution in [2.24, 2.45) is 5.10 Å². The number of hydrogen-bond acceptors (Lipinski definition) is 2. The number of alkyl halides is 6. The molecule has 0 unspecified atom stereocenters. The Morgan fingerprint density at radius 1 is 0.739 bits per heavy atom. The lowest BCUT2D eigenvalue weighted by molar-refractivity contribution is -0.138. The third-order valence-electron chi connectivity index (χ3n) is 2.89. The van der Waals surface area contributed by atoms with Gasteiger partial charge in [0.2, 0.25) is 0 Å². The maximum atomic E-state index is 12.8. The van der Waals surface area contributed by atoms with Crippen LogP contribution in [-0.4, -0.2) is 6.21 Å². The van der Waals surface area contributed by atoms with Crippen LogP contribution in [0.4, 0.5) is 32.0 Å². The second kappa shape index (κ2) is 6.31. The lowest BCUT2D eigenvalue weighted by Crippen LogP contribution is -2.10. The van der Waals surface area contributed by atoms with E-state index in [0.29, 0.717) is 0 Å². The van der Waals surface area contributed by atoms with E-state index in [1.165, 1.54) is 30.3 Å². The Morgan fingerprint density at radius 2 is 1.26 bits per heavy atom. The van der Waals surface area contributed by atoms with E-state index in [4.69, 9.17) is 0 Å². The molecular weight excluding hydrogens is 322 g/mol. The summed E-state index contributed by atoms with van der Waals surface area (Å²) in [7, 11) is 0. The first kappa shape index (κ1) is 16.9. The van der Waals surface area contributed by atoms with Crippen molar-refractivity contribution in [3.63, 3.8) is 0 Å². The summed E-state index contributed by atoms with van der Waals surface area (Å²) in [6.07, 6.45) is -8.34. The number of nitrogens with one attached hydrogen (secondary N) is 1. The third-order valence-corrected chi connectivity index (χ3v) is 2.89. The molecule has 0 aromatic heterocycles. The highest BCUT2D eigenvalue weighted by atomic mass is 19.4. The fourth-order valence-electron chi connectivity index (χ4n) is 1.87. The molecule has 0 saturated carbocycles. The maximum absolute atomic E-state index is 12.8. The SMILES string of the molecule is FC(F)(F)c1ccccc1/C=N\Nc1ccccc1C(F)(F)F. The van der Waals surface area contributed by atoms with Gasteiger partial charge < -0.3 is 0 Å². The van der Waals surface area contributed by atoms with Crippen molar-refractivity contribution >= 4 is 11.9 Å². The van der Waals surface area contributed by atoms with E-state index in [1.807, 2.05) is 0 Å². The Hall–Kier alpha value is -2.51. The van der Waals surface area contributed by atoms with Crippen molar-refractivity contribution in [1.82, 2.24) is 0 Å². The second-order valence-electron chi connectivity index (χ2n) is 4.50. The summed E-state index contributed by atoms with van der Waals surface area (Å²) in [6, 6.07) is 9.17. The molecule has 0 aliphatic rings. The van der Waals surface area contributed by atoms with Crippen LogP contribution < -0.4 is 5.43 Å². The number of hydrogen-bond donors (Lipinski definition) is 1. The molecule has 2 rings (SSSR count). The van der Waals surface area contributed by atoms with Crippen molar-refractivity contribution in [1.29, 1.82) is 0 Å². The minimum atomic E-state index is -4.59. The summed E-state index contributed by atoms with van der Waals surface area (Å²) >= 11 is 0. The average Bonchev–Trinajstić information content (AvgIpc) is 2.46. The zero-order valence-corrected chi connectivity index (χ0v) is 11.4. The van der Waals surface area contributed by atoms with Gasteiger partial charge in [0.15, 0.2) is 0 Å². The van der Waals surface area contributed by atoms with Gasteiger partial charge in [0, 0.05) is 5.56 Å². The van der Waals surface area contributed by atoms with Gasteiger partial charge in [-0.05, 0) is 18.2 Å². The van der Waals surface area contributed by atoms with E-state index in [1.54, 1.807) is 0 Å². The van der Waals surface area contributed by atoms with Gasteiger partial charge in [-0.1, -0.05) is 30.3 Å². The van der Waals surface area contributed by atoms with Crippen molar-refractivity contribution in [3.8, 4) is 0 Å². The number of benzene rings is 2. The van der Waals surface area contributed by atoms with Crippen LogP contribution in [0.1, 0.15) is 16.7 Å². The lowest BCUT2D eigenvalue weighted by Gasteiger charge is -2.12. The Kier molecular flexibility index (Phi) is 4.63. The summed E-state index contributed by atoms with van der Waals surface area (Å²) in [5.74, 6) is 0. The summed E-state index contributed by atoms with van der Waals surface area (Å²) in [5.41, 5.74) is -0.349. The molecule has 122 valence electrons. The fourth-order valence-corrected chi connectivity index (χ4v) is 1.87. The van der Waals surface area contributed by atoms with E-state index in [9.17, 15) is 26.3 Å². The van der Waals surface area contributed by atoms with Crippen LogP contribution in [0, 0.1) is 0 Å². The number of anilines is 1. The highest BCUT2D eigenvalue weighted by Crippen LogP contribution is 2.34. The van der Waals surface area contributed by atoms with Crippen LogP contribution in [0.5, 0.6) is 0 Å². The first-order valence-corrected chi connectivity index (χ1v) is 6.31. The molecular formula is C15H10F6N2. The number of nitrogens with zero attached hydrogens (tertiary/aromatic N) is 1. The second-order valence-corrected chi connectivity index (χ2v) is 4.50. The van der Waals surface area contributed by atoms with Crippen molar-refractivity contribution in [3.05, 3.63) is 65.2 Å². The van der Waals surface area contributed by atoms with E-state index in [-0.39, 0.29) is 11.3 Å². The molecule has 0 heterocycles. The first-order chi connectivity index (χ1) is 10.7. The van der Waals surface area contributed by atoms with Crippen LogP contribution >= 0.6 is 0 Å². The molecule has 0 aliphatic carbocycles. The van der Waals surface area contributed by atoms with Crippen molar-refractivity contribution in [2.45, 2.75) is 12.4 Å². The molecule has 0 bridgehead atoms. The first-order valence-electron chi connectivity index (χ1n) is 6.31. The minimum absolute atomic E-state index is 0.253. The van der Waals surface area contributed by atoms with Gasteiger partial charge >= 0.3 is 12.4 Å². The van der Waals surface area contributed by atoms with Gasteiger partial charge in [-0.15, -0.1) is 0 Å². The molecule has 0 spiro atoms. The van der Waals surface area contributed by atoms with E-state index < -0.39 is 23.5 Å². The summed E-state index contributed by atoms with van der Waals surface area (Å²) < 4.78 is 76.7. The maximum Gasteiger partial charge on any atom is 0.418 e. The zero-order chi connectivity index (χ0) is 17.1. The highest BCUT2D eigenvalue weighted by molar-refractivity contribution is 5.82. The van der Waals surface area contributed by atoms with Gasteiger partial charge in [0.05, 0.1) is 23.0 Å². The van der Waals surface area contributed by atoms with Crippen LogP contribution in [0.2, 0.25) is 0 Å². The molecule has 8 heteroatoms. The van der Waals surface area contributed by atoms with E-state index in [2.05, 4.69) is 10.5 Å². The average molecular weight is 332 g/mol. The van der Waals surface area contributed by atoms with Crippen LogP contribution in [-0.2, 0) is 12.4 Å². The lowest BCUT2D eigenvalue weighted by atomic mass is 10.1. The molecule has 2 nitrogen and oxygen atoms in total. The molecule has 0 amide bonds. The van der Waals surface area contributed by atoms with Crippen molar-refractivity contribution in [2.75, 3.05) is 5.43 Å². The zero-order valence-electron chi connectivity index (χ0n) is 11.4. The van der Waals surface area contributed by atoms with Crippen LogP contribution in [0.25, 0.3) is 0 Å². The number of hydrazone groups is 1. The van der Waals surface area contributed by atoms with Gasteiger partial charge in [-0.25, -0.2) is 0 Å². The summed E-state index contributed by atoms with van der Waals surface area (Å²) in [5, 5.41) is 3.49. The standard InChI is InChI=1S/C15H10F6N2/c16-14(17,18)11-6-2-1-5-10(11)9-22-23-13-8-4-3-7-12(13)15(19,20)21/h1-9,23H/b22-9-. The molecule has 2 aromatic rings. The Bertz CT molecular complexity index is 704. The van der Waals surface area contributed by atoms with Crippen LogP contribution in [0.3, 0.4) is 0 Å². The molecule has 2 aromatic carbocycles. The molecule has 0 radical (unpaired) electrons. The van der Waals surface area contributed by atoms with E-state index in [0.717, 1.165) is 24.4 Å². The normalized spacial score (nSPS) is 12.6. The Labute approximate surface area is 127 Å². The number of para-hydroxylation sites is 1. The predicted octanol–water partition coefficient (Wildman–Crippen LogP) is 5.17. The van der Waals surface area contributed by atoms with Crippen molar-refractivity contribution < 1.29 is 26.3 Å². The minimum Gasteiger partial charge on any atom is -0.278 e. The molecule has 0 fully saturated rings.